The fourth-order valence-corrected chi connectivity index (χ4v) is 3.71. The number of nitrogens with one attached hydrogen (secondary N) is 3. The molecule has 0 saturated heterocycles. The highest BCUT2D eigenvalue weighted by atomic mass is 32.2. The minimum Gasteiger partial charge on any atom is -0.612 e. The Hall–Kier alpha value is -3.30. The van der Waals surface area contributed by atoms with Gasteiger partial charge in [0.2, 0.25) is 16.8 Å². The molecule has 1 amide bonds. The van der Waals surface area contributed by atoms with Gasteiger partial charge in [0.1, 0.15) is 12.0 Å². The van der Waals surface area contributed by atoms with E-state index in [-0.39, 0.29) is 5.91 Å². The van der Waals surface area contributed by atoms with Crippen LogP contribution in [0, 0.1) is 0 Å². The minimum atomic E-state index is -1.28. The number of carbonyl (C=O) groups excluding carboxylic acids is 1. The first-order chi connectivity index (χ1) is 14.5. The zero-order valence-corrected chi connectivity index (χ0v) is 17.4. The Bertz CT molecular complexity index is 1090. The fourth-order valence-electron chi connectivity index (χ4n) is 3.14. The lowest BCUT2D eigenvalue weighted by Gasteiger charge is -2.14. The Morgan fingerprint density at radius 1 is 1.13 bits per heavy atom. The van der Waals surface area contributed by atoms with Crippen LogP contribution in [0.3, 0.4) is 0 Å². The molecular weight excluding hydrogens is 402 g/mol. The average molecular weight is 423 g/mol. The lowest BCUT2D eigenvalue weighted by Crippen LogP contribution is -2.09. The highest BCUT2D eigenvalue weighted by Crippen LogP contribution is 2.30. The summed E-state index contributed by atoms with van der Waals surface area (Å²) in [5, 5.41) is 9.11. The molecule has 1 unspecified atom stereocenters. The summed E-state index contributed by atoms with van der Waals surface area (Å²) in [6, 6.07) is 13.1. The minimum absolute atomic E-state index is 0.157. The van der Waals surface area contributed by atoms with Crippen LogP contribution in [0.2, 0.25) is 0 Å². The maximum Gasteiger partial charge on any atom is 0.229 e. The van der Waals surface area contributed by atoms with Gasteiger partial charge in [0, 0.05) is 30.4 Å². The van der Waals surface area contributed by atoms with Gasteiger partial charge < -0.3 is 25.2 Å². The van der Waals surface area contributed by atoms with Gasteiger partial charge in [-0.2, -0.15) is 4.98 Å². The van der Waals surface area contributed by atoms with Crippen LogP contribution in [0.5, 0.6) is 5.75 Å². The van der Waals surface area contributed by atoms with Crippen molar-refractivity contribution in [3.8, 4) is 5.75 Å². The van der Waals surface area contributed by atoms with E-state index in [9.17, 15) is 9.35 Å². The van der Waals surface area contributed by atoms with Gasteiger partial charge in [-0.25, -0.2) is 4.98 Å². The van der Waals surface area contributed by atoms with Gasteiger partial charge in [-0.05, 0) is 53.1 Å². The van der Waals surface area contributed by atoms with E-state index in [0.717, 1.165) is 23.4 Å². The molecule has 1 aliphatic heterocycles. The van der Waals surface area contributed by atoms with Gasteiger partial charge in [0.05, 0.1) is 12.8 Å². The number of ether oxygens (including phenoxy) is 1. The Balaban J connectivity index is 1.59. The van der Waals surface area contributed by atoms with Crippen molar-refractivity contribution in [3.63, 3.8) is 0 Å². The molecule has 9 heteroatoms. The summed E-state index contributed by atoms with van der Waals surface area (Å²) < 4.78 is 17.7. The zero-order chi connectivity index (χ0) is 21.1. The molecule has 0 fully saturated rings. The highest BCUT2D eigenvalue weighted by Gasteiger charge is 2.17. The van der Waals surface area contributed by atoms with E-state index in [1.807, 2.05) is 30.3 Å². The lowest BCUT2D eigenvalue weighted by atomic mass is 10.1. The fraction of sp³-hybridized carbons (Fsp3) is 0.190. The largest absolute Gasteiger partial charge is 0.612 e. The molecule has 154 valence electrons. The van der Waals surface area contributed by atoms with Crippen LogP contribution in [-0.2, 0) is 22.4 Å². The number of aromatic nitrogens is 2. The van der Waals surface area contributed by atoms with Crippen LogP contribution in [0.25, 0.3) is 0 Å². The van der Waals surface area contributed by atoms with E-state index < -0.39 is 11.2 Å². The average Bonchev–Trinajstić information content (AvgIpc) is 3.15. The summed E-state index contributed by atoms with van der Waals surface area (Å²) in [5.41, 5.74) is 3.34. The predicted octanol–water partition coefficient (Wildman–Crippen LogP) is 3.59. The monoisotopic (exact) mass is 423 g/mol. The van der Waals surface area contributed by atoms with Crippen LogP contribution in [0.15, 0.2) is 53.6 Å². The smallest absolute Gasteiger partial charge is 0.229 e. The van der Waals surface area contributed by atoms with E-state index in [1.165, 1.54) is 6.92 Å². The molecule has 4 rings (SSSR count). The van der Waals surface area contributed by atoms with E-state index >= 15 is 0 Å². The van der Waals surface area contributed by atoms with Crippen molar-refractivity contribution >= 4 is 45.9 Å². The maximum atomic E-state index is 12.2. The Labute approximate surface area is 177 Å². The standard InChI is InChI=1S/C21H21N5O3S/c1-13(27)23-15-4-3-5-16(11-15)24-20-19(30(2)28)12-22-21(26-20)25-17-6-7-18-14(10-17)8-9-29-18/h3-7,10-12H,8-9H2,1-2H3,(H,23,27)(H2,22,24,25,26). The Morgan fingerprint density at radius 2 is 1.93 bits per heavy atom. The second-order valence-electron chi connectivity index (χ2n) is 6.79. The van der Waals surface area contributed by atoms with E-state index in [1.54, 1.807) is 24.6 Å². The number of hydrogen-bond acceptors (Lipinski definition) is 7. The summed E-state index contributed by atoms with van der Waals surface area (Å²) in [7, 11) is 0. The number of hydrogen-bond donors (Lipinski definition) is 3. The molecule has 2 aromatic carbocycles. The second kappa shape index (κ2) is 8.60. The van der Waals surface area contributed by atoms with Gasteiger partial charge in [-0.15, -0.1) is 0 Å². The van der Waals surface area contributed by atoms with Crippen molar-refractivity contribution < 1.29 is 14.1 Å². The number of carbonyl (C=O) groups is 1. The molecule has 1 aliphatic rings. The number of anilines is 5. The first-order valence-corrected chi connectivity index (χ1v) is 10.9. The molecule has 0 radical (unpaired) electrons. The number of amides is 1. The molecule has 3 aromatic rings. The normalized spacial score (nSPS) is 13.2. The third kappa shape index (κ3) is 4.64. The molecule has 30 heavy (non-hydrogen) atoms. The summed E-state index contributed by atoms with van der Waals surface area (Å²) in [4.78, 5) is 20.6. The number of nitrogens with zero attached hydrogens (tertiary/aromatic N) is 2. The molecule has 1 atom stereocenters. The van der Waals surface area contributed by atoms with Crippen molar-refractivity contribution in [1.29, 1.82) is 0 Å². The predicted molar refractivity (Wildman–Crippen MR) is 117 cm³/mol. The van der Waals surface area contributed by atoms with Gasteiger partial charge in [0.25, 0.3) is 0 Å². The van der Waals surface area contributed by atoms with Crippen LogP contribution >= 0.6 is 0 Å². The van der Waals surface area contributed by atoms with Crippen molar-refractivity contribution in [2.45, 2.75) is 18.2 Å². The Kier molecular flexibility index (Phi) is 5.73. The summed E-state index contributed by atoms with van der Waals surface area (Å²) >= 11 is -1.28. The quantitative estimate of drug-likeness (QED) is 0.520. The van der Waals surface area contributed by atoms with Crippen molar-refractivity contribution in [2.75, 3.05) is 28.8 Å². The molecular formula is C21H21N5O3S. The topological polar surface area (TPSA) is 111 Å². The Morgan fingerprint density at radius 3 is 2.73 bits per heavy atom. The van der Waals surface area contributed by atoms with Gasteiger partial charge in [-0.3, -0.25) is 4.79 Å². The molecule has 3 N–H and O–H groups in total. The number of rotatable bonds is 6. The maximum absolute atomic E-state index is 12.2. The highest BCUT2D eigenvalue weighted by molar-refractivity contribution is 7.90. The SMILES string of the molecule is CC(=O)Nc1cccc(Nc2nc(Nc3ccc4c(c3)CCO4)ncc2[S+](C)[O-])c1. The molecule has 8 nitrogen and oxygen atoms in total. The summed E-state index contributed by atoms with van der Waals surface area (Å²) in [5.74, 6) is 1.55. The van der Waals surface area contributed by atoms with Crippen molar-refractivity contribution in [2.24, 2.45) is 0 Å². The van der Waals surface area contributed by atoms with Gasteiger partial charge in [-0.1, -0.05) is 6.07 Å². The van der Waals surface area contributed by atoms with E-state index in [4.69, 9.17) is 4.74 Å². The van der Waals surface area contributed by atoms with Crippen LogP contribution in [0.4, 0.5) is 28.8 Å². The molecule has 0 saturated carbocycles. The first-order valence-electron chi connectivity index (χ1n) is 9.36. The first kappa shape index (κ1) is 20.0. The third-order valence-corrected chi connectivity index (χ3v) is 5.37. The van der Waals surface area contributed by atoms with Crippen molar-refractivity contribution in [3.05, 3.63) is 54.2 Å². The van der Waals surface area contributed by atoms with Crippen LogP contribution in [0.1, 0.15) is 12.5 Å². The molecule has 2 heterocycles. The number of benzene rings is 2. The summed E-state index contributed by atoms with van der Waals surface area (Å²) in [6.45, 7) is 2.14. The molecule has 0 aliphatic carbocycles. The van der Waals surface area contributed by atoms with Crippen molar-refractivity contribution in [1.82, 2.24) is 9.97 Å². The molecule has 0 spiro atoms. The van der Waals surface area contributed by atoms with Crippen LogP contribution in [-0.4, -0.2) is 33.3 Å². The summed E-state index contributed by atoms with van der Waals surface area (Å²) in [6.07, 6.45) is 3.99. The van der Waals surface area contributed by atoms with E-state index in [0.29, 0.717) is 34.6 Å². The lowest BCUT2D eigenvalue weighted by molar-refractivity contribution is -0.114. The third-order valence-electron chi connectivity index (χ3n) is 4.46. The van der Waals surface area contributed by atoms with Gasteiger partial charge in [0.15, 0.2) is 5.82 Å². The zero-order valence-electron chi connectivity index (χ0n) is 16.6. The molecule has 0 bridgehead atoms. The van der Waals surface area contributed by atoms with E-state index in [2.05, 4.69) is 25.9 Å². The molecule has 1 aromatic heterocycles. The van der Waals surface area contributed by atoms with Crippen LogP contribution < -0.4 is 20.7 Å². The van der Waals surface area contributed by atoms with Gasteiger partial charge >= 0.3 is 0 Å². The number of fused-ring (bicyclic) bond motifs is 1. The second-order valence-corrected chi connectivity index (χ2v) is 8.14.